The smallest absolute Gasteiger partial charge is 0.0233 e. The zero-order valence-electron chi connectivity index (χ0n) is 11.4. The van der Waals surface area contributed by atoms with Gasteiger partial charge in [0.15, 0.2) is 0 Å². The summed E-state index contributed by atoms with van der Waals surface area (Å²) in [6.07, 6.45) is 2.67. The molecule has 1 unspecified atom stereocenters. The van der Waals surface area contributed by atoms with Crippen molar-refractivity contribution < 1.29 is 0 Å². The first-order valence-electron chi connectivity index (χ1n) is 6.79. The molecule has 1 saturated heterocycles. The largest absolute Gasteiger partial charge is 0.316 e. The van der Waals surface area contributed by atoms with Crippen LogP contribution in [-0.4, -0.2) is 31.6 Å². The van der Waals surface area contributed by atoms with Gasteiger partial charge in [-0.3, -0.25) is 0 Å². The Kier molecular flexibility index (Phi) is 5.22. The second kappa shape index (κ2) is 6.69. The van der Waals surface area contributed by atoms with Gasteiger partial charge < -0.3 is 10.2 Å². The Morgan fingerprint density at radius 2 is 2.28 bits per heavy atom. The molecule has 1 atom stereocenters. The number of nitrogens with one attached hydrogen (secondary N) is 1. The first-order chi connectivity index (χ1) is 8.65. The highest BCUT2D eigenvalue weighted by Gasteiger charge is 2.14. The van der Waals surface area contributed by atoms with E-state index in [0.29, 0.717) is 0 Å². The molecule has 0 spiro atoms. The molecule has 2 nitrogen and oxygen atoms in total. The number of benzene rings is 1. The summed E-state index contributed by atoms with van der Waals surface area (Å²) < 4.78 is 1.18. The van der Waals surface area contributed by atoms with Gasteiger partial charge in [-0.25, -0.2) is 0 Å². The number of halogens is 1. The lowest BCUT2D eigenvalue weighted by atomic mass is 10.0. The second-order valence-electron chi connectivity index (χ2n) is 5.46. The molecule has 0 aromatic heterocycles. The molecule has 2 rings (SSSR count). The van der Waals surface area contributed by atoms with Crippen molar-refractivity contribution in [2.24, 2.45) is 5.92 Å². The summed E-state index contributed by atoms with van der Waals surface area (Å²) in [7, 11) is 2.22. The molecular formula is C15H23BrN2. The predicted octanol–water partition coefficient (Wildman–Crippen LogP) is 3.19. The van der Waals surface area contributed by atoms with E-state index >= 15 is 0 Å². The molecule has 0 amide bonds. The monoisotopic (exact) mass is 310 g/mol. The van der Waals surface area contributed by atoms with Gasteiger partial charge in [0.2, 0.25) is 0 Å². The zero-order valence-corrected chi connectivity index (χ0v) is 13.0. The van der Waals surface area contributed by atoms with Crippen LogP contribution in [0.2, 0.25) is 0 Å². The number of rotatable bonds is 5. The molecule has 1 heterocycles. The topological polar surface area (TPSA) is 15.3 Å². The van der Waals surface area contributed by atoms with Crippen LogP contribution in [-0.2, 0) is 6.54 Å². The van der Waals surface area contributed by atoms with Crippen molar-refractivity contribution in [3.05, 3.63) is 33.8 Å². The quantitative estimate of drug-likeness (QED) is 0.898. The molecule has 0 aliphatic carbocycles. The Labute approximate surface area is 119 Å². The van der Waals surface area contributed by atoms with Gasteiger partial charge in [0, 0.05) is 11.0 Å². The van der Waals surface area contributed by atoms with Gasteiger partial charge in [0.1, 0.15) is 0 Å². The first kappa shape index (κ1) is 14.0. The third kappa shape index (κ3) is 4.08. The van der Waals surface area contributed by atoms with Gasteiger partial charge in [-0.2, -0.15) is 0 Å². The second-order valence-corrected chi connectivity index (χ2v) is 6.37. The van der Waals surface area contributed by atoms with Crippen LogP contribution >= 0.6 is 15.9 Å². The minimum Gasteiger partial charge on any atom is -0.316 e. The SMILES string of the molecule is Cc1ccc(Br)cc1CN(C)CCC1CCNC1. The van der Waals surface area contributed by atoms with Crippen LogP contribution in [0.15, 0.2) is 22.7 Å². The van der Waals surface area contributed by atoms with E-state index in [4.69, 9.17) is 0 Å². The summed E-state index contributed by atoms with van der Waals surface area (Å²) in [5, 5.41) is 3.44. The van der Waals surface area contributed by atoms with Crippen LogP contribution in [0.25, 0.3) is 0 Å². The molecule has 1 fully saturated rings. The standard InChI is InChI=1S/C15H23BrN2/c1-12-3-4-15(16)9-14(12)11-18(2)8-6-13-5-7-17-10-13/h3-4,9,13,17H,5-8,10-11H2,1-2H3. The normalized spacial score (nSPS) is 19.7. The van der Waals surface area contributed by atoms with Gasteiger partial charge in [0.25, 0.3) is 0 Å². The molecule has 3 heteroatoms. The van der Waals surface area contributed by atoms with Crippen LogP contribution in [0.4, 0.5) is 0 Å². The van der Waals surface area contributed by atoms with Gasteiger partial charge in [-0.15, -0.1) is 0 Å². The molecule has 0 saturated carbocycles. The fourth-order valence-corrected chi connectivity index (χ4v) is 2.95. The molecule has 1 aliphatic rings. The molecule has 1 aromatic rings. The molecule has 1 aliphatic heterocycles. The van der Waals surface area contributed by atoms with Crippen LogP contribution in [0.1, 0.15) is 24.0 Å². The van der Waals surface area contributed by atoms with Crippen molar-refractivity contribution in [1.29, 1.82) is 0 Å². The fourth-order valence-electron chi connectivity index (χ4n) is 2.54. The minimum absolute atomic E-state index is 0.885. The average Bonchev–Trinajstić information content (AvgIpc) is 2.84. The van der Waals surface area contributed by atoms with Crippen LogP contribution in [0, 0.1) is 12.8 Å². The molecule has 18 heavy (non-hydrogen) atoms. The first-order valence-corrected chi connectivity index (χ1v) is 7.59. The van der Waals surface area contributed by atoms with Crippen molar-refractivity contribution in [1.82, 2.24) is 10.2 Å². The maximum atomic E-state index is 3.55. The number of nitrogens with zero attached hydrogens (tertiary/aromatic N) is 1. The highest BCUT2D eigenvalue weighted by Crippen LogP contribution is 2.18. The Bertz CT molecular complexity index is 386. The average molecular weight is 311 g/mol. The molecule has 0 radical (unpaired) electrons. The van der Waals surface area contributed by atoms with E-state index in [-0.39, 0.29) is 0 Å². The Morgan fingerprint density at radius 1 is 1.44 bits per heavy atom. The van der Waals surface area contributed by atoms with E-state index in [1.165, 1.54) is 48.1 Å². The van der Waals surface area contributed by atoms with Crippen LogP contribution in [0.3, 0.4) is 0 Å². The van der Waals surface area contributed by atoms with Gasteiger partial charge >= 0.3 is 0 Å². The third-order valence-corrected chi connectivity index (χ3v) is 4.33. The number of aryl methyl sites for hydroxylation is 1. The number of hydrogen-bond acceptors (Lipinski definition) is 2. The van der Waals surface area contributed by atoms with Gasteiger partial charge in [-0.1, -0.05) is 22.0 Å². The lowest BCUT2D eigenvalue weighted by Gasteiger charge is -2.20. The summed E-state index contributed by atoms with van der Waals surface area (Å²) in [6, 6.07) is 6.54. The van der Waals surface area contributed by atoms with Crippen molar-refractivity contribution >= 4 is 15.9 Å². The van der Waals surface area contributed by atoms with Gasteiger partial charge in [-0.05, 0) is 75.6 Å². The van der Waals surface area contributed by atoms with E-state index < -0.39 is 0 Å². The zero-order chi connectivity index (χ0) is 13.0. The van der Waals surface area contributed by atoms with E-state index in [9.17, 15) is 0 Å². The Hall–Kier alpha value is -0.380. The van der Waals surface area contributed by atoms with E-state index in [0.717, 1.165) is 12.5 Å². The van der Waals surface area contributed by atoms with Crippen molar-refractivity contribution in [2.75, 3.05) is 26.7 Å². The van der Waals surface area contributed by atoms with Crippen molar-refractivity contribution in [2.45, 2.75) is 26.3 Å². The summed E-state index contributed by atoms with van der Waals surface area (Å²) in [5.74, 6) is 0.885. The van der Waals surface area contributed by atoms with E-state index in [1.807, 2.05) is 0 Å². The fraction of sp³-hybridized carbons (Fsp3) is 0.600. The highest BCUT2D eigenvalue weighted by atomic mass is 79.9. The minimum atomic E-state index is 0.885. The summed E-state index contributed by atoms with van der Waals surface area (Å²) >= 11 is 3.55. The Morgan fingerprint density at radius 3 is 3.00 bits per heavy atom. The van der Waals surface area contributed by atoms with Crippen LogP contribution < -0.4 is 5.32 Å². The lowest BCUT2D eigenvalue weighted by Crippen LogP contribution is -2.22. The van der Waals surface area contributed by atoms with E-state index in [2.05, 4.69) is 58.3 Å². The van der Waals surface area contributed by atoms with Crippen molar-refractivity contribution in [3.8, 4) is 0 Å². The maximum absolute atomic E-state index is 3.55. The molecule has 100 valence electrons. The predicted molar refractivity (Wildman–Crippen MR) is 80.8 cm³/mol. The van der Waals surface area contributed by atoms with Crippen LogP contribution in [0.5, 0.6) is 0 Å². The summed E-state index contributed by atoms with van der Waals surface area (Å²) in [6.45, 7) is 6.85. The lowest BCUT2D eigenvalue weighted by molar-refractivity contribution is 0.297. The van der Waals surface area contributed by atoms with Crippen molar-refractivity contribution in [3.63, 3.8) is 0 Å². The molecule has 0 bridgehead atoms. The molecule has 1 aromatic carbocycles. The molecular weight excluding hydrogens is 288 g/mol. The number of hydrogen-bond donors (Lipinski definition) is 1. The summed E-state index contributed by atoms with van der Waals surface area (Å²) in [5.41, 5.74) is 2.81. The third-order valence-electron chi connectivity index (χ3n) is 3.83. The van der Waals surface area contributed by atoms with Gasteiger partial charge in [0.05, 0.1) is 0 Å². The maximum Gasteiger partial charge on any atom is 0.0233 e. The summed E-state index contributed by atoms with van der Waals surface area (Å²) in [4.78, 5) is 2.44. The highest BCUT2D eigenvalue weighted by molar-refractivity contribution is 9.10. The molecule has 1 N–H and O–H groups in total. The van der Waals surface area contributed by atoms with E-state index in [1.54, 1.807) is 0 Å². The Balaban J connectivity index is 1.82.